The Bertz CT molecular complexity index is 61.1. The lowest BCUT2D eigenvalue weighted by molar-refractivity contribution is -0.878. The van der Waals surface area contributed by atoms with E-state index in [0.717, 1.165) is 5.92 Å². The van der Waals surface area contributed by atoms with Gasteiger partial charge in [0.15, 0.2) is 0 Å². The Kier molecular flexibility index (Phi) is 5.70. The van der Waals surface area contributed by atoms with Crippen LogP contribution in [0.4, 0.5) is 0 Å². The molecule has 0 saturated carbocycles. The summed E-state index contributed by atoms with van der Waals surface area (Å²) >= 11 is 0. The molecule has 0 aliphatic carbocycles. The maximum Gasteiger partial charge on any atom is 0.0771 e. The average Bonchev–Trinajstić information content (AvgIpc) is 1.99. The summed E-state index contributed by atoms with van der Waals surface area (Å²) < 4.78 is 0. The third-order valence-corrected chi connectivity index (χ3v) is 2.36. The van der Waals surface area contributed by atoms with Gasteiger partial charge in [0.2, 0.25) is 0 Å². The normalized spacial score (nSPS) is 16.8. The highest BCUT2D eigenvalue weighted by atomic mass is 15.1. The van der Waals surface area contributed by atoms with Crippen molar-refractivity contribution >= 4 is 0 Å². The van der Waals surface area contributed by atoms with Crippen LogP contribution in [0.1, 0.15) is 33.6 Å². The zero-order valence-corrected chi connectivity index (χ0v) is 7.91. The van der Waals surface area contributed by atoms with Gasteiger partial charge < -0.3 is 4.90 Å². The van der Waals surface area contributed by atoms with E-state index < -0.39 is 0 Å². The topological polar surface area (TPSA) is 4.44 Å². The maximum atomic E-state index is 2.34. The lowest BCUT2D eigenvalue weighted by atomic mass is 10.1. The van der Waals surface area contributed by atoms with E-state index in [-0.39, 0.29) is 0 Å². The second kappa shape index (κ2) is 5.72. The van der Waals surface area contributed by atoms with Crippen LogP contribution in [0.15, 0.2) is 0 Å². The van der Waals surface area contributed by atoms with E-state index in [9.17, 15) is 0 Å². The molecular weight excluding hydrogens is 122 g/mol. The van der Waals surface area contributed by atoms with Gasteiger partial charge in [-0.2, -0.15) is 0 Å². The SMILES string of the molecule is CCC(C)CC[NH+](C)CC. The van der Waals surface area contributed by atoms with Crippen LogP contribution < -0.4 is 4.90 Å². The van der Waals surface area contributed by atoms with Crippen molar-refractivity contribution in [2.75, 3.05) is 20.1 Å². The van der Waals surface area contributed by atoms with Gasteiger partial charge in [0.05, 0.1) is 20.1 Å². The van der Waals surface area contributed by atoms with Crippen LogP contribution in [0.5, 0.6) is 0 Å². The summed E-state index contributed by atoms with van der Waals surface area (Å²) in [7, 11) is 2.27. The molecule has 0 amide bonds. The van der Waals surface area contributed by atoms with E-state index in [1.807, 2.05) is 0 Å². The third-order valence-electron chi connectivity index (χ3n) is 2.36. The first kappa shape index (κ1) is 9.96. The van der Waals surface area contributed by atoms with E-state index in [0.29, 0.717) is 0 Å². The van der Waals surface area contributed by atoms with Crippen molar-refractivity contribution < 1.29 is 4.90 Å². The molecular formula is C9H22N+. The summed E-state index contributed by atoms with van der Waals surface area (Å²) in [5.41, 5.74) is 0. The Balaban J connectivity index is 3.17. The molecule has 62 valence electrons. The minimum Gasteiger partial charge on any atom is -0.338 e. The van der Waals surface area contributed by atoms with Gasteiger partial charge in [-0.25, -0.2) is 0 Å². The average molecular weight is 144 g/mol. The van der Waals surface area contributed by atoms with Crippen molar-refractivity contribution in [1.82, 2.24) is 0 Å². The lowest BCUT2D eigenvalue weighted by Gasteiger charge is -2.13. The zero-order valence-electron chi connectivity index (χ0n) is 7.91. The number of hydrogen-bond donors (Lipinski definition) is 1. The molecule has 0 fully saturated rings. The van der Waals surface area contributed by atoms with Crippen molar-refractivity contribution in [1.29, 1.82) is 0 Å². The molecule has 10 heavy (non-hydrogen) atoms. The first-order chi connectivity index (χ1) is 4.70. The highest BCUT2D eigenvalue weighted by Gasteiger charge is 2.02. The molecule has 0 rings (SSSR count). The van der Waals surface area contributed by atoms with E-state index >= 15 is 0 Å². The monoisotopic (exact) mass is 144 g/mol. The second-order valence-corrected chi connectivity index (χ2v) is 3.36. The predicted octanol–water partition coefficient (Wildman–Crippen LogP) is 0.957. The molecule has 1 N–H and O–H groups in total. The molecule has 0 aliphatic heterocycles. The van der Waals surface area contributed by atoms with Crippen LogP contribution in [-0.4, -0.2) is 20.1 Å². The molecule has 0 radical (unpaired) electrons. The number of hydrogen-bond acceptors (Lipinski definition) is 0. The molecule has 2 unspecified atom stereocenters. The summed E-state index contributed by atoms with van der Waals surface area (Å²) in [6.07, 6.45) is 2.72. The Labute approximate surface area is 65.4 Å². The van der Waals surface area contributed by atoms with Gasteiger partial charge in [0.1, 0.15) is 0 Å². The van der Waals surface area contributed by atoms with Gasteiger partial charge in [-0.3, -0.25) is 0 Å². The first-order valence-corrected chi connectivity index (χ1v) is 4.52. The molecule has 0 aromatic heterocycles. The quantitative estimate of drug-likeness (QED) is 0.586. The minimum atomic E-state index is 0.918. The van der Waals surface area contributed by atoms with Crippen LogP contribution in [-0.2, 0) is 0 Å². The van der Waals surface area contributed by atoms with Gasteiger partial charge >= 0.3 is 0 Å². The Morgan fingerprint density at radius 3 is 2.30 bits per heavy atom. The summed E-state index contributed by atoms with van der Waals surface area (Å²) in [5.74, 6) is 0.918. The zero-order chi connectivity index (χ0) is 7.98. The van der Waals surface area contributed by atoms with E-state index in [2.05, 4.69) is 27.8 Å². The van der Waals surface area contributed by atoms with E-state index in [4.69, 9.17) is 0 Å². The second-order valence-electron chi connectivity index (χ2n) is 3.36. The van der Waals surface area contributed by atoms with Gasteiger partial charge in [-0.15, -0.1) is 0 Å². The van der Waals surface area contributed by atoms with Crippen molar-refractivity contribution in [3.63, 3.8) is 0 Å². The molecule has 0 spiro atoms. The van der Waals surface area contributed by atoms with Gasteiger partial charge in [-0.05, 0) is 19.3 Å². The lowest BCUT2D eigenvalue weighted by Crippen LogP contribution is -3.08. The van der Waals surface area contributed by atoms with Gasteiger partial charge in [-0.1, -0.05) is 20.3 Å². The highest BCUT2D eigenvalue weighted by molar-refractivity contribution is 4.46. The van der Waals surface area contributed by atoms with Gasteiger partial charge in [0, 0.05) is 0 Å². The molecule has 1 heteroatoms. The van der Waals surface area contributed by atoms with E-state index in [1.165, 1.54) is 25.9 Å². The Morgan fingerprint density at radius 2 is 1.90 bits per heavy atom. The summed E-state index contributed by atoms with van der Waals surface area (Å²) in [6.45, 7) is 9.45. The number of rotatable bonds is 5. The van der Waals surface area contributed by atoms with Gasteiger partial charge in [0.25, 0.3) is 0 Å². The first-order valence-electron chi connectivity index (χ1n) is 4.52. The molecule has 1 nitrogen and oxygen atoms in total. The molecule has 0 aliphatic rings. The highest BCUT2D eigenvalue weighted by Crippen LogP contribution is 2.02. The van der Waals surface area contributed by atoms with Crippen molar-refractivity contribution in [2.24, 2.45) is 5.92 Å². The van der Waals surface area contributed by atoms with Crippen LogP contribution in [0.2, 0.25) is 0 Å². The van der Waals surface area contributed by atoms with Crippen LogP contribution in [0, 0.1) is 5.92 Å². The van der Waals surface area contributed by atoms with Crippen molar-refractivity contribution in [2.45, 2.75) is 33.6 Å². The van der Waals surface area contributed by atoms with Crippen molar-refractivity contribution in [3.05, 3.63) is 0 Å². The predicted molar refractivity (Wildman–Crippen MR) is 46.4 cm³/mol. The Hall–Kier alpha value is -0.0400. The fraction of sp³-hybridized carbons (Fsp3) is 1.00. The molecule has 0 heterocycles. The summed E-state index contributed by atoms with van der Waals surface area (Å²) in [5, 5.41) is 0. The molecule has 0 aromatic rings. The number of quaternary nitrogens is 1. The largest absolute Gasteiger partial charge is 0.338 e. The Morgan fingerprint density at radius 1 is 1.30 bits per heavy atom. The summed E-state index contributed by atoms with van der Waals surface area (Å²) in [6, 6.07) is 0. The molecule has 0 bridgehead atoms. The van der Waals surface area contributed by atoms with Crippen LogP contribution in [0.25, 0.3) is 0 Å². The van der Waals surface area contributed by atoms with E-state index in [1.54, 1.807) is 4.90 Å². The number of nitrogens with one attached hydrogen (secondary N) is 1. The smallest absolute Gasteiger partial charge is 0.0771 e. The molecule has 2 atom stereocenters. The summed E-state index contributed by atoms with van der Waals surface area (Å²) in [4.78, 5) is 1.65. The van der Waals surface area contributed by atoms with Crippen molar-refractivity contribution in [3.8, 4) is 0 Å². The minimum absolute atomic E-state index is 0.918. The maximum absolute atomic E-state index is 2.34. The molecule has 0 saturated heterocycles. The standard InChI is InChI=1S/C9H21N/c1-5-9(3)7-8-10(4)6-2/h9H,5-8H2,1-4H3/p+1. The van der Waals surface area contributed by atoms with Crippen LogP contribution >= 0.6 is 0 Å². The fourth-order valence-electron chi connectivity index (χ4n) is 0.874. The van der Waals surface area contributed by atoms with Crippen LogP contribution in [0.3, 0.4) is 0 Å². The third kappa shape index (κ3) is 4.80. The fourth-order valence-corrected chi connectivity index (χ4v) is 0.874. The molecule has 0 aromatic carbocycles.